The fraction of sp³-hybridized carbons (Fsp3) is 0.846. The molecule has 0 aliphatic carbocycles. The molecule has 0 aromatic heterocycles. The lowest BCUT2D eigenvalue weighted by atomic mass is 10.2. The summed E-state index contributed by atoms with van der Waals surface area (Å²) in [6.45, 7) is 3.81. The molecule has 18 heavy (non-hydrogen) atoms. The lowest BCUT2D eigenvalue weighted by Gasteiger charge is -2.05. The summed E-state index contributed by atoms with van der Waals surface area (Å²) in [6.07, 6.45) is 3.91. The molecule has 5 heteroatoms. The molecular weight excluding hydrogens is 232 g/mol. The van der Waals surface area contributed by atoms with Crippen LogP contribution in [-0.4, -0.2) is 52.6 Å². The summed E-state index contributed by atoms with van der Waals surface area (Å²) in [5.74, 6) is 0. The average Bonchev–Trinajstić information content (AvgIpc) is 2.38. The maximum Gasteiger partial charge on any atom is 0.0864 e. The van der Waals surface area contributed by atoms with Crippen LogP contribution in [0.25, 0.3) is 0 Å². The van der Waals surface area contributed by atoms with E-state index in [9.17, 15) is 0 Å². The van der Waals surface area contributed by atoms with Crippen LogP contribution in [0, 0.1) is 0 Å². The molecule has 0 amide bonds. The SMILES string of the molecule is CCCC/C(COC)=N\N=C(\CCOC)COC. The predicted molar refractivity (Wildman–Crippen MR) is 74.6 cm³/mol. The largest absolute Gasteiger partial charge is 0.384 e. The van der Waals surface area contributed by atoms with E-state index in [1.54, 1.807) is 21.3 Å². The fourth-order valence-corrected chi connectivity index (χ4v) is 1.38. The van der Waals surface area contributed by atoms with Gasteiger partial charge in [-0.1, -0.05) is 13.3 Å². The molecule has 0 atom stereocenters. The van der Waals surface area contributed by atoms with Crippen molar-refractivity contribution in [1.29, 1.82) is 0 Å². The van der Waals surface area contributed by atoms with Gasteiger partial charge in [0.05, 0.1) is 31.2 Å². The van der Waals surface area contributed by atoms with Crippen LogP contribution in [0.3, 0.4) is 0 Å². The van der Waals surface area contributed by atoms with Gasteiger partial charge in [0.1, 0.15) is 0 Å². The monoisotopic (exact) mass is 258 g/mol. The molecule has 0 aromatic rings. The molecule has 0 spiro atoms. The number of hydrogen-bond acceptors (Lipinski definition) is 5. The summed E-state index contributed by atoms with van der Waals surface area (Å²) < 4.78 is 15.2. The second-order valence-electron chi connectivity index (χ2n) is 4.04. The van der Waals surface area contributed by atoms with Crippen molar-refractivity contribution in [2.24, 2.45) is 10.2 Å². The van der Waals surface area contributed by atoms with Crippen LogP contribution in [0.4, 0.5) is 0 Å². The van der Waals surface area contributed by atoms with Gasteiger partial charge < -0.3 is 14.2 Å². The standard InChI is InChI=1S/C13H26N2O3/c1-5-6-7-12(10-17-3)14-15-13(11-18-4)8-9-16-2/h5-11H2,1-4H3/b14-12+,15-13-. The van der Waals surface area contributed by atoms with Gasteiger partial charge in [0, 0.05) is 27.8 Å². The number of unbranched alkanes of at least 4 members (excludes halogenated alkanes) is 1. The number of ether oxygens (including phenoxy) is 3. The minimum Gasteiger partial charge on any atom is -0.384 e. The number of hydrogen-bond donors (Lipinski definition) is 0. The normalized spacial score (nSPS) is 13.1. The van der Waals surface area contributed by atoms with E-state index in [-0.39, 0.29) is 0 Å². The van der Waals surface area contributed by atoms with Crippen molar-refractivity contribution in [3.8, 4) is 0 Å². The Morgan fingerprint density at radius 2 is 1.39 bits per heavy atom. The molecule has 5 nitrogen and oxygen atoms in total. The number of rotatable bonds is 11. The highest BCUT2D eigenvalue weighted by molar-refractivity contribution is 5.89. The van der Waals surface area contributed by atoms with E-state index in [1.807, 2.05) is 0 Å². The van der Waals surface area contributed by atoms with E-state index in [0.717, 1.165) is 37.1 Å². The van der Waals surface area contributed by atoms with Crippen molar-refractivity contribution in [2.75, 3.05) is 41.2 Å². The Hall–Kier alpha value is -0.780. The van der Waals surface area contributed by atoms with E-state index in [1.165, 1.54) is 0 Å². The zero-order valence-electron chi connectivity index (χ0n) is 12.1. The Labute approximate surface area is 110 Å². The van der Waals surface area contributed by atoms with E-state index < -0.39 is 0 Å². The fourth-order valence-electron chi connectivity index (χ4n) is 1.38. The molecule has 0 N–H and O–H groups in total. The molecule has 0 saturated heterocycles. The Balaban J connectivity index is 4.48. The van der Waals surface area contributed by atoms with Gasteiger partial charge in [-0.05, 0) is 12.8 Å². The molecule has 106 valence electrons. The van der Waals surface area contributed by atoms with Gasteiger partial charge in [-0.25, -0.2) is 0 Å². The van der Waals surface area contributed by atoms with Crippen LogP contribution in [0.15, 0.2) is 10.2 Å². The van der Waals surface area contributed by atoms with Crippen molar-refractivity contribution in [3.05, 3.63) is 0 Å². The third kappa shape index (κ3) is 9.27. The van der Waals surface area contributed by atoms with Crippen LogP contribution < -0.4 is 0 Å². The molecule has 0 fully saturated rings. The molecule has 0 unspecified atom stereocenters. The first-order chi connectivity index (χ1) is 8.78. The third-order valence-corrected chi connectivity index (χ3v) is 2.37. The summed E-state index contributed by atoms with van der Waals surface area (Å²) in [5.41, 5.74) is 1.87. The van der Waals surface area contributed by atoms with Crippen molar-refractivity contribution in [1.82, 2.24) is 0 Å². The molecule has 0 heterocycles. The van der Waals surface area contributed by atoms with Crippen molar-refractivity contribution in [3.63, 3.8) is 0 Å². The third-order valence-electron chi connectivity index (χ3n) is 2.37. The highest BCUT2D eigenvalue weighted by Gasteiger charge is 2.01. The zero-order valence-corrected chi connectivity index (χ0v) is 12.1. The highest BCUT2D eigenvalue weighted by atomic mass is 16.5. The van der Waals surface area contributed by atoms with Gasteiger partial charge in [0.15, 0.2) is 0 Å². The summed E-state index contributed by atoms with van der Waals surface area (Å²) in [7, 11) is 5.00. The molecular formula is C13H26N2O3. The molecule has 0 aliphatic rings. The first-order valence-corrected chi connectivity index (χ1v) is 6.36. The van der Waals surface area contributed by atoms with Gasteiger partial charge in [-0.15, -0.1) is 0 Å². The van der Waals surface area contributed by atoms with E-state index >= 15 is 0 Å². The molecule has 0 aliphatic heterocycles. The smallest absolute Gasteiger partial charge is 0.0864 e. The first kappa shape index (κ1) is 17.2. The van der Waals surface area contributed by atoms with E-state index in [4.69, 9.17) is 14.2 Å². The highest BCUT2D eigenvalue weighted by Crippen LogP contribution is 2.00. The maximum absolute atomic E-state index is 5.12. The minimum absolute atomic E-state index is 0.487. The van der Waals surface area contributed by atoms with E-state index in [0.29, 0.717) is 19.8 Å². The van der Waals surface area contributed by atoms with Gasteiger partial charge in [-0.3, -0.25) is 0 Å². The number of nitrogens with zero attached hydrogens (tertiary/aromatic N) is 2. The van der Waals surface area contributed by atoms with Gasteiger partial charge in [0.25, 0.3) is 0 Å². The lowest BCUT2D eigenvalue weighted by molar-refractivity contribution is 0.201. The second kappa shape index (κ2) is 12.7. The van der Waals surface area contributed by atoms with Crippen molar-refractivity contribution >= 4 is 11.4 Å². The van der Waals surface area contributed by atoms with Gasteiger partial charge in [-0.2, -0.15) is 10.2 Å². The summed E-state index contributed by atoms with van der Waals surface area (Å²) in [4.78, 5) is 0. The second-order valence-corrected chi connectivity index (χ2v) is 4.04. The van der Waals surface area contributed by atoms with Crippen LogP contribution >= 0.6 is 0 Å². The molecule has 0 radical (unpaired) electrons. The quantitative estimate of drug-likeness (QED) is 0.422. The van der Waals surface area contributed by atoms with Crippen molar-refractivity contribution < 1.29 is 14.2 Å². The van der Waals surface area contributed by atoms with Crippen LogP contribution in [-0.2, 0) is 14.2 Å². The Morgan fingerprint density at radius 3 is 1.83 bits per heavy atom. The lowest BCUT2D eigenvalue weighted by Crippen LogP contribution is -2.11. The maximum atomic E-state index is 5.12. The Morgan fingerprint density at radius 1 is 0.833 bits per heavy atom. The van der Waals surface area contributed by atoms with Crippen LogP contribution in [0.2, 0.25) is 0 Å². The predicted octanol–water partition coefficient (Wildman–Crippen LogP) is 2.30. The summed E-state index contributed by atoms with van der Waals surface area (Å²) in [5, 5.41) is 8.51. The topological polar surface area (TPSA) is 52.4 Å². The van der Waals surface area contributed by atoms with Gasteiger partial charge in [0.2, 0.25) is 0 Å². The van der Waals surface area contributed by atoms with Crippen LogP contribution in [0.1, 0.15) is 32.6 Å². The Kier molecular flexibility index (Phi) is 12.1. The van der Waals surface area contributed by atoms with E-state index in [2.05, 4.69) is 17.1 Å². The minimum atomic E-state index is 0.487. The molecule has 0 bridgehead atoms. The molecule has 0 saturated carbocycles. The summed E-state index contributed by atoms with van der Waals surface area (Å²) >= 11 is 0. The Bertz CT molecular complexity index is 227. The van der Waals surface area contributed by atoms with Crippen molar-refractivity contribution in [2.45, 2.75) is 32.6 Å². The van der Waals surface area contributed by atoms with Gasteiger partial charge >= 0.3 is 0 Å². The average molecular weight is 258 g/mol. The molecule has 0 aromatic carbocycles. The zero-order chi connectivity index (χ0) is 13.6. The first-order valence-electron chi connectivity index (χ1n) is 6.36. The number of methoxy groups -OCH3 is 3. The summed E-state index contributed by atoms with van der Waals surface area (Å²) in [6, 6.07) is 0. The molecule has 0 rings (SSSR count). The van der Waals surface area contributed by atoms with Crippen LogP contribution in [0.5, 0.6) is 0 Å².